The van der Waals surface area contributed by atoms with Crippen LogP contribution in [0.2, 0.25) is 5.02 Å². The number of benzene rings is 1. The Bertz CT molecular complexity index is 1250. The number of rotatable bonds is 5. The molecule has 0 atom stereocenters. The normalized spacial score (nSPS) is 15.5. The van der Waals surface area contributed by atoms with Gasteiger partial charge in [-0.2, -0.15) is 0 Å². The zero-order chi connectivity index (χ0) is 21.4. The summed E-state index contributed by atoms with van der Waals surface area (Å²) in [4.78, 5) is 14.9. The van der Waals surface area contributed by atoms with E-state index in [2.05, 4.69) is 28.7 Å². The van der Waals surface area contributed by atoms with Crippen LogP contribution in [0.15, 0.2) is 35.7 Å². The molecule has 1 aliphatic rings. The minimum atomic E-state index is 0.189. The SMILES string of the molecule is Cc1c(C)n(C2CCCCC2)c2ncn3nc(CON=Cc4ccc(Cl)cc4)nc3c12. The van der Waals surface area contributed by atoms with Gasteiger partial charge in [0.15, 0.2) is 18.1 Å². The molecule has 0 aliphatic heterocycles. The Morgan fingerprint density at radius 3 is 2.68 bits per heavy atom. The van der Waals surface area contributed by atoms with Gasteiger partial charge >= 0.3 is 0 Å². The maximum atomic E-state index is 5.90. The number of hydrogen-bond donors (Lipinski definition) is 0. The third-order valence-corrected chi connectivity index (χ3v) is 6.45. The molecular weight excluding hydrogens is 412 g/mol. The van der Waals surface area contributed by atoms with Crippen LogP contribution in [0, 0.1) is 13.8 Å². The quantitative estimate of drug-likeness (QED) is 0.310. The fourth-order valence-electron chi connectivity index (χ4n) is 4.52. The van der Waals surface area contributed by atoms with E-state index < -0.39 is 0 Å². The average Bonchev–Trinajstić information content (AvgIpc) is 3.31. The molecule has 0 radical (unpaired) electrons. The van der Waals surface area contributed by atoms with Crippen LogP contribution in [0.5, 0.6) is 0 Å². The first-order chi connectivity index (χ1) is 15.1. The van der Waals surface area contributed by atoms with Crippen molar-refractivity contribution in [1.29, 1.82) is 0 Å². The summed E-state index contributed by atoms with van der Waals surface area (Å²) >= 11 is 5.90. The number of hydrogen-bond acceptors (Lipinski definition) is 5. The Hall–Kier alpha value is -2.93. The molecule has 3 aromatic heterocycles. The van der Waals surface area contributed by atoms with E-state index >= 15 is 0 Å². The maximum absolute atomic E-state index is 5.90. The van der Waals surface area contributed by atoms with Crippen LogP contribution >= 0.6 is 11.6 Å². The smallest absolute Gasteiger partial charge is 0.192 e. The van der Waals surface area contributed by atoms with Gasteiger partial charge < -0.3 is 9.40 Å². The molecule has 0 amide bonds. The molecule has 1 fully saturated rings. The van der Waals surface area contributed by atoms with E-state index in [0.29, 0.717) is 16.9 Å². The first-order valence-electron chi connectivity index (χ1n) is 10.7. The summed E-state index contributed by atoms with van der Waals surface area (Å²) in [7, 11) is 0. The van der Waals surface area contributed by atoms with Crippen LogP contribution in [-0.2, 0) is 11.4 Å². The summed E-state index contributed by atoms with van der Waals surface area (Å²) in [5.74, 6) is 0.574. The number of aryl methyl sites for hydroxylation is 1. The molecule has 1 saturated carbocycles. The summed E-state index contributed by atoms with van der Waals surface area (Å²) in [6.07, 6.45) is 9.73. The number of aromatic nitrogens is 5. The fourth-order valence-corrected chi connectivity index (χ4v) is 4.65. The van der Waals surface area contributed by atoms with Gasteiger partial charge in [-0.25, -0.2) is 14.5 Å². The molecule has 0 unspecified atom stereocenters. The Morgan fingerprint density at radius 1 is 1.13 bits per heavy atom. The largest absolute Gasteiger partial charge is 0.387 e. The molecule has 0 saturated heterocycles. The Labute approximate surface area is 185 Å². The molecular formula is C23H25ClN6O. The van der Waals surface area contributed by atoms with E-state index in [-0.39, 0.29) is 6.61 Å². The lowest BCUT2D eigenvalue weighted by molar-refractivity contribution is 0.126. The van der Waals surface area contributed by atoms with Crippen LogP contribution in [-0.4, -0.2) is 30.4 Å². The van der Waals surface area contributed by atoms with Crippen LogP contribution in [0.1, 0.15) is 60.8 Å². The summed E-state index contributed by atoms with van der Waals surface area (Å²) in [6.45, 7) is 4.53. The predicted molar refractivity (Wildman–Crippen MR) is 122 cm³/mol. The van der Waals surface area contributed by atoms with Gasteiger partial charge in [0.05, 0.1) is 11.6 Å². The molecule has 1 aromatic carbocycles. The van der Waals surface area contributed by atoms with Crippen LogP contribution in [0.25, 0.3) is 16.7 Å². The molecule has 31 heavy (non-hydrogen) atoms. The third kappa shape index (κ3) is 3.78. The van der Waals surface area contributed by atoms with Crippen molar-refractivity contribution < 1.29 is 4.84 Å². The molecule has 0 bridgehead atoms. The van der Waals surface area contributed by atoms with Crippen LogP contribution in [0.3, 0.4) is 0 Å². The third-order valence-electron chi connectivity index (χ3n) is 6.20. The van der Waals surface area contributed by atoms with Gasteiger partial charge in [0.1, 0.15) is 12.0 Å². The van der Waals surface area contributed by atoms with E-state index in [1.54, 1.807) is 17.1 Å². The summed E-state index contributed by atoms with van der Waals surface area (Å²) in [5.41, 5.74) is 5.24. The molecule has 8 heteroatoms. The molecule has 3 heterocycles. The molecule has 4 aromatic rings. The molecule has 160 valence electrons. The lowest BCUT2D eigenvalue weighted by Gasteiger charge is -2.25. The topological polar surface area (TPSA) is 69.6 Å². The molecule has 0 spiro atoms. The minimum absolute atomic E-state index is 0.189. The van der Waals surface area contributed by atoms with E-state index in [9.17, 15) is 0 Å². The van der Waals surface area contributed by atoms with Gasteiger partial charge in [0.2, 0.25) is 0 Å². The number of fused-ring (bicyclic) bond motifs is 3. The van der Waals surface area contributed by atoms with Crippen molar-refractivity contribution in [3.8, 4) is 0 Å². The Balaban J connectivity index is 1.41. The van der Waals surface area contributed by atoms with Gasteiger partial charge in [-0.3, -0.25) is 0 Å². The summed E-state index contributed by atoms with van der Waals surface area (Å²) in [6, 6.07) is 7.90. The molecule has 7 nitrogen and oxygen atoms in total. The fraction of sp³-hybridized carbons (Fsp3) is 0.391. The van der Waals surface area contributed by atoms with E-state index in [1.165, 1.54) is 43.4 Å². The second-order valence-corrected chi connectivity index (χ2v) is 8.61. The van der Waals surface area contributed by atoms with Gasteiger partial charge in [-0.1, -0.05) is 48.2 Å². The second kappa shape index (κ2) is 8.30. The number of halogens is 1. The van der Waals surface area contributed by atoms with Crippen molar-refractivity contribution in [3.05, 3.63) is 58.3 Å². The van der Waals surface area contributed by atoms with Crippen molar-refractivity contribution in [2.45, 2.75) is 58.6 Å². The highest BCUT2D eigenvalue weighted by atomic mass is 35.5. The maximum Gasteiger partial charge on any atom is 0.192 e. The van der Waals surface area contributed by atoms with Gasteiger partial charge in [-0.05, 0) is 49.9 Å². The van der Waals surface area contributed by atoms with E-state index in [4.69, 9.17) is 26.4 Å². The summed E-state index contributed by atoms with van der Waals surface area (Å²) in [5, 5.41) is 10.3. The van der Waals surface area contributed by atoms with Crippen molar-refractivity contribution in [3.63, 3.8) is 0 Å². The van der Waals surface area contributed by atoms with E-state index in [1.807, 2.05) is 24.3 Å². The number of oxime groups is 1. The Kier molecular flexibility index (Phi) is 5.36. The second-order valence-electron chi connectivity index (χ2n) is 8.17. The minimum Gasteiger partial charge on any atom is -0.387 e. The highest BCUT2D eigenvalue weighted by Crippen LogP contribution is 2.35. The van der Waals surface area contributed by atoms with Crippen molar-refractivity contribution in [2.75, 3.05) is 0 Å². The van der Waals surface area contributed by atoms with Crippen molar-refractivity contribution in [1.82, 2.24) is 24.1 Å². The predicted octanol–water partition coefficient (Wildman–Crippen LogP) is 5.41. The first kappa shape index (κ1) is 20.0. The highest BCUT2D eigenvalue weighted by molar-refractivity contribution is 6.30. The van der Waals surface area contributed by atoms with Gasteiger partial charge in [0, 0.05) is 16.8 Å². The molecule has 1 aliphatic carbocycles. The zero-order valence-electron chi connectivity index (χ0n) is 17.8. The highest BCUT2D eigenvalue weighted by Gasteiger charge is 2.24. The van der Waals surface area contributed by atoms with Crippen LogP contribution < -0.4 is 0 Å². The lowest BCUT2D eigenvalue weighted by Crippen LogP contribution is -2.14. The molecule has 5 rings (SSSR count). The standard InChI is InChI=1S/C23H25ClN6O/c1-15-16(2)30(19-6-4-3-5-7-19)22-21(15)23-27-20(28-29(23)14-25-22)13-31-26-12-17-8-10-18(24)11-9-17/h8-12,14,19H,3-7,13H2,1-2H3. The summed E-state index contributed by atoms with van der Waals surface area (Å²) < 4.78 is 4.16. The van der Waals surface area contributed by atoms with Crippen molar-refractivity contribution >= 4 is 34.5 Å². The molecule has 0 N–H and O–H groups in total. The van der Waals surface area contributed by atoms with Gasteiger partial charge in [-0.15, -0.1) is 5.10 Å². The lowest BCUT2D eigenvalue weighted by atomic mass is 9.95. The number of nitrogens with zero attached hydrogens (tertiary/aromatic N) is 6. The van der Waals surface area contributed by atoms with Gasteiger partial charge in [0.25, 0.3) is 0 Å². The van der Waals surface area contributed by atoms with Crippen molar-refractivity contribution in [2.24, 2.45) is 5.16 Å². The first-order valence-corrected chi connectivity index (χ1v) is 11.1. The average molecular weight is 437 g/mol. The van der Waals surface area contributed by atoms with E-state index in [0.717, 1.165) is 22.2 Å². The van der Waals surface area contributed by atoms with Crippen LogP contribution in [0.4, 0.5) is 0 Å². The zero-order valence-corrected chi connectivity index (χ0v) is 18.5. The monoisotopic (exact) mass is 436 g/mol. The Morgan fingerprint density at radius 2 is 1.90 bits per heavy atom.